The summed E-state index contributed by atoms with van der Waals surface area (Å²) >= 11 is 0. The molecule has 0 amide bonds. The smallest absolute Gasteiger partial charge is 0.159 e. The Morgan fingerprint density at radius 1 is 1.07 bits per heavy atom. The molecule has 0 aliphatic heterocycles. The van der Waals surface area contributed by atoms with Crippen molar-refractivity contribution >= 4 is 17.6 Å². The molecule has 2 aliphatic carbocycles. The number of aromatic nitrogens is 6. The summed E-state index contributed by atoms with van der Waals surface area (Å²) in [7, 11) is 0. The van der Waals surface area contributed by atoms with Crippen LogP contribution in [0.25, 0.3) is 11.3 Å². The molecule has 0 bridgehead atoms. The average molecular weight is 402 g/mol. The van der Waals surface area contributed by atoms with Gasteiger partial charge in [-0.2, -0.15) is 10.2 Å². The number of fused-ring (bicyclic) bond motifs is 2. The highest BCUT2D eigenvalue weighted by Crippen LogP contribution is 2.66. The number of aldehydes is 1. The van der Waals surface area contributed by atoms with Gasteiger partial charge in [-0.05, 0) is 50.7 Å². The number of carbonyl (C=O) groups excluding carboxylic acids is 1. The number of hydrogen-bond acceptors (Lipinski definition) is 6. The van der Waals surface area contributed by atoms with E-state index in [1.165, 1.54) is 0 Å². The minimum atomic E-state index is -0.754. The highest BCUT2D eigenvalue weighted by atomic mass is 16.3. The third-order valence-corrected chi connectivity index (χ3v) is 6.83. The second-order valence-corrected chi connectivity index (χ2v) is 8.72. The van der Waals surface area contributed by atoms with E-state index < -0.39 is 11.5 Å². The third kappa shape index (κ3) is 2.40. The van der Waals surface area contributed by atoms with E-state index in [9.17, 15) is 9.90 Å². The SMILES string of the molecule is Cc1nc2c(C3CC3C(O)C3(C=O)CC3c3cccn4nc(C)nc34)cccn2n1. The molecule has 152 valence electrons. The summed E-state index contributed by atoms with van der Waals surface area (Å²) in [6.45, 7) is 3.73. The second-order valence-electron chi connectivity index (χ2n) is 8.72. The molecule has 8 heteroatoms. The second kappa shape index (κ2) is 5.95. The molecule has 2 fully saturated rings. The first kappa shape index (κ1) is 17.7. The molecule has 8 nitrogen and oxygen atoms in total. The highest BCUT2D eigenvalue weighted by Gasteiger charge is 2.65. The van der Waals surface area contributed by atoms with E-state index in [4.69, 9.17) is 0 Å². The van der Waals surface area contributed by atoms with Crippen molar-refractivity contribution in [3.63, 3.8) is 0 Å². The molecule has 4 heterocycles. The van der Waals surface area contributed by atoms with Gasteiger partial charge in [-0.25, -0.2) is 19.0 Å². The van der Waals surface area contributed by atoms with Crippen molar-refractivity contribution in [2.24, 2.45) is 11.3 Å². The summed E-state index contributed by atoms with van der Waals surface area (Å²) in [5.41, 5.74) is 2.93. The van der Waals surface area contributed by atoms with Gasteiger partial charge in [-0.15, -0.1) is 0 Å². The number of nitrogens with zero attached hydrogens (tertiary/aromatic N) is 6. The van der Waals surface area contributed by atoms with Gasteiger partial charge < -0.3 is 9.90 Å². The molecule has 0 radical (unpaired) electrons. The fourth-order valence-electron chi connectivity index (χ4n) is 5.17. The number of hydrogen-bond donors (Lipinski definition) is 1. The van der Waals surface area contributed by atoms with Crippen LogP contribution in [0.2, 0.25) is 0 Å². The van der Waals surface area contributed by atoms with Gasteiger partial charge in [0.2, 0.25) is 0 Å². The largest absolute Gasteiger partial charge is 0.392 e. The molecule has 5 atom stereocenters. The van der Waals surface area contributed by atoms with E-state index in [2.05, 4.69) is 26.2 Å². The normalized spacial score (nSPS) is 28.7. The van der Waals surface area contributed by atoms with E-state index in [0.717, 1.165) is 41.0 Å². The van der Waals surface area contributed by atoms with Gasteiger partial charge in [0.15, 0.2) is 11.3 Å². The van der Waals surface area contributed by atoms with E-state index >= 15 is 0 Å². The van der Waals surface area contributed by atoms with Gasteiger partial charge in [0, 0.05) is 29.4 Å². The average Bonchev–Trinajstić information content (AvgIpc) is 3.60. The summed E-state index contributed by atoms with van der Waals surface area (Å²) < 4.78 is 3.54. The van der Waals surface area contributed by atoms with Crippen molar-refractivity contribution in [3.8, 4) is 0 Å². The number of aliphatic hydroxyl groups excluding tert-OH is 1. The molecule has 1 N–H and O–H groups in total. The first-order valence-corrected chi connectivity index (χ1v) is 10.3. The van der Waals surface area contributed by atoms with Gasteiger partial charge in [0.05, 0.1) is 11.5 Å². The van der Waals surface area contributed by atoms with Crippen LogP contribution in [0, 0.1) is 25.2 Å². The van der Waals surface area contributed by atoms with Crippen LogP contribution >= 0.6 is 0 Å². The van der Waals surface area contributed by atoms with E-state index in [1.54, 1.807) is 9.03 Å². The maximum atomic E-state index is 12.2. The number of aryl methyl sites for hydroxylation is 2. The van der Waals surface area contributed by atoms with Crippen LogP contribution in [0.3, 0.4) is 0 Å². The summed E-state index contributed by atoms with van der Waals surface area (Å²) in [6, 6.07) is 7.93. The third-order valence-electron chi connectivity index (χ3n) is 6.83. The van der Waals surface area contributed by atoms with Gasteiger partial charge in [-0.3, -0.25) is 0 Å². The molecular formula is C22H22N6O2. The summed E-state index contributed by atoms with van der Waals surface area (Å²) in [4.78, 5) is 21.3. The van der Waals surface area contributed by atoms with E-state index in [-0.39, 0.29) is 17.8 Å². The lowest BCUT2D eigenvalue weighted by atomic mass is 9.90. The molecule has 0 saturated heterocycles. The molecule has 2 aliphatic rings. The fraction of sp³-hybridized carbons (Fsp3) is 0.409. The Morgan fingerprint density at radius 2 is 1.67 bits per heavy atom. The minimum absolute atomic E-state index is 0.0373. The van der Waals surface area contributed by atoms with Crippen molar-refractivity contribution in [1.82, 2.24) is 29.2 Å². The van der Waals surface area contributed by atoms with Crippen LogP contribution in [0.4, 0.5) is 0 Å². The Hall–Kier alpha value is -3.13. The molecular weight excluding hydrogens is 380 g/mol. The van der Waals surface area contributed by atoms with Crippen LogP contribution in [-0.4, -0.2) is 46.7 Å². The van der Waals surface area contributed by atoms with Crippen molar-refractivity contribution in [2.75, 3.05) is 0 Å². The van der Waals surface area contributed by atoms with E-state index in [1.807, 2.05) is 44.4 Å². The zero-order chi connectivity index (χ0) is 20.6. The molecule has 0 spiro atoms. The Labute approximate surface area is 172 Å². The Balaban J connectivity index is 1.31. The highest BCUT2D eigenvalue weighted by molar-refractivity contribution is 5.72. The zero-order valence-corrected chi connectivity index (χ0v) is 16.8. The van der Waals surface area contributed by atoms with Gasteiger partial charge in [0.25, 0.3) is 0 Å². The standard InChI is InChI=1S/C22H22N6O2/c1-12-23-20-14(5-3-7-27(20)25-12)16-9-17(16)19(30)22(11-29)10-18(22)15-6-4-8-28-21(15)24-13(2)26-28/h3-8,11,16-19,30H,9-10H2,1-2H3. The lowest BCUT2D eigenvalue weighted by Crippen LogP contribution is -2.28. The minimum Gasteiger partial charge on any atom is -0.392 e. The fourth-order valence-corrected chi connectivity index (χ4v) is 5.17. The maximum Gasteiger partial charge on any atom is 0.159 e. The molecule has 6 rings (SSSR count). The van der Waals surface area contributed by atoms with Crippen molar-refractivity contribution in [3.05, 3.63) is 59.4 Å². The molecule has 0 aromatic carbocycles. The maximum absolute atomic E-state index is 12.2. The first-order valence-electron chi connectivity index (χ1n) is 10.3. The predicted octanol–water partition coefficient (Wildman–Crippen LogP) is 2.23. The van der Waals surface area contributed by atoms with Gasteiger partial charge in [-0.1, -0.05) is 12.1 Å². The van der Waals surface area contributed by atoms with Gasteiger partial charge in [0.1, 0.15) is 17.9 Å². The number of rotatable bonds is 5. The Kier molecular flexibility index (Phi) is 3.51. The van der Waals surface area contributed by atoms with Crippen molar-refractivity contribution in [1.29, 1.82) is 0 Å². The number of pyridine rings is 2. The first-order chi connectivity index (χ1) is 14.5. The number of aliphatic hydroxyl groups is 1. The monoisotopic (exact) mass is 402 g/mol. The summed E-state index contributed by atoms with van der Waals surface area (Å²) in [5, 5.41) is 20.0. The number of carbonyl (C=O) groups is 1. The van der Waals surface area contributed by atoms with Crippen LogP contribution in [0.5, 0.6) is 0 Å². The molecule has 5 unspecified atom stereocenters. The van der Waals surface area contributed by atoms with Crippen molar-refractivity contribution < 1.29 is 9.90 Å². The molecule has 4 aromatic rings. The predicted molar refractivity (Wildman–Crippen MR) is 108 cm³/mol. The van der Waals surface area contributed by atoms with Crippen molar-refractivity contribution in [2.45, 2.75) is 44.6 Å². The topological polar surface area (TPSA) is 97.7 Å². The lowest BCUT2D eigenvalue weighted by Gasteiger charge is -2.19. The quantitative estimate of drug-likeness (QED) is 0.514. The summed E-state index contributed by atoms with van der Waals surface area (Å²) in [5.74, 6) is 1.62. The molecule has 4 aromatic heterocycles. The van der Waals surface area contributed by atoms with Gasteiger partial charge >= 0.3 is 0 Å². The lowest BCUT2D eigenvalue weighted by molar-refractivity contribution is -0.116. The van der Waals surface area contributed by atoms with E-state index in [0.29, 0.717) is 12.2 Å². The molecule has 30 heavy (non-hydrogen) atoms. The Morgan fingerprint density at radius 3 is 2.30 bits per heavy atom. The Bertz CT molecular complexity index is 1310. The van der Waals surface area contributed by atoms with Crippen LogP contribution in [0.1, 0.15) is 47.5 Å². The summed E-state index contributed by atoms with van der Waals surface area (Å²) in [6.07, 6.45) is 5.50. The van der Waals surface area contributed by atoms with Crippen LogP contribution in [0.15, 0.2) is 36.7 Å². The zero-order valence-electron chi connectivity index (χ0n) is 16.8. The molecule has 2 saturated carbocycles. The van der Waals surface area contributed by atoms with Crippen LogP contribution < -0.4 is 0 Å². The van der Waals surface area contributed by atoms with Crippen LogP contribution in [-0.2, 0) is 4.79 Å².